The average molecular weight is 318 g/mol. The Morgan fingerprint density at radius 3 is 2.75 bits per heavy atom. The van der Waals surface area contributed by atoms with Crippen LogP contribution < -0.4 is 4.74 Å². The van der Waals surface area contributed by atoms with Crippen LogP contribution in [0.2, 0.25) is 5.02 Å². The fourth-order valence-corrected chi connectivity index (χ4v) is 2.40. The topological polar surface area (TPSA) is 38.8 Å². The van der Waals surface area contributed by atoms with Crippen LogP contribution in [0, 0.1) is 0 Å². The Labute approximate surface area is 128 Å². The van der Waals surface area contributed by atoms with Crippen molar-refractivity contribution in [2.24, 2.45) is 0 Å². The van der Waals surface area contributed by atoms with Crippen LogP contribution in [0.4, 0.5) is 0 Å². The zero-order chi connectivity index (χ0) is 14.5. The molecule has 1 saturated heterocycles. The number of hydrogen-bond donors (Lipinski definition) is 0. The summed E-state index contributed by atoms with van der Waals surface area (Å²) in [4.78, 5) is 13.9. The Morgan fingerprint density at radius 1 is 1.40 bits per heavy atom. The van der Waals surface area contributed by atoms with E-state index >= 15 is 0 Å². The minimum atomic E-state index is -0.111. The van der Waals surface area contributed by atoms with Gasteiger partial charge in [-0.25, -0.2) is 0 Å². The lowest BCUT2D eigenvalue weighted by Gasteiger charge is -2.36. The third-order valence-electron chi connectivity index (χ3n) is 3.03. The quantitative estimate of drug-likeness (QED) is 0.801. The minimum absolute atomic E-state index is 0.00333. The first kappa shape index (κ1) is 15.4. The Hall–Kier alpha value is -0.970. The predicted octanol–water partition coefficient (Wildman–Crippen LogP) is 2.57. The molecule has 0 radical (unpaired) electrons. The number of alkyl halides is 1. The largest absolute Gasteiger partial charge is 0.484 e. The van der Waals surface area contributed by atoms with Gasteiger partial charge in [0, 0.05) is 18.1 Å². The number of carbonyl (C=O) groups is 1. The molecular formula is C14H17Cl2NO3. The summed E-state index contributed by atoms with van der Waals surface area (Å²) in [6.07, 6.45) is -0.119. The molecule has 1 aliphatic heterocycles. The van der Waals surface area contributed by atoms with E-state index in [-0.39, 0.29) is 24.7 Å². The number of benzene rings is 1. The molecule has 6 heteroatoms. The number of carbonyl (C=O) groups excluding carboxylic acids is 1. The summed E-state index contributed by atoms with van der Waals surface area (Å²) >= 11 is 11.6. The standard InChI is InChI=1S/C14H17Cl2NO3/c1-10-7-17(8-13(6-15)20-10)14(18)9-19-12-4-2-11(16)3-5-12/h2-5,10,13H,6-9H2,1H3. The first-order valence-electron chi connectivity index (χ1n) is 6.46. The van der Waals surface area contributed by atoms with Crippen molar-refractivity contribution in [3.05, 3.63) is 29.3 Å². The van der Waals surface area contributed by atoms with Gasteiger partial charge in [0.25, 0.3) is 5.91 Å². The molecule has 0 spiro atoms. The lowest BCUT2D eigenvalue weighted by molar-refractivity contribution is -0.145. The van der Waals surface area contributed by atoms with Gasteiger partial charge in [-0.2, -0.15) is 0 Å². The van der Waals surface area contributed by atoms with Gasteiger partial charge in [0.2, 0.25) is 0 Å². The minimum Gasteiger partial charge on any atom is -0.484 e. The summed E-state index contributed by atoms with van der Waals surface area (Å²) in [7, 11) is 0. The molecule has 1 amide bonds. The smallest absolute Gasteiger partial charge is 0.260 e. The lowest BCUT2D eigenvalue weighted by Crippen LogP contribution is -2.51. The van der Waals surface area contributed by atoms with E-state index in [1.54, 1.807) is 29.2 Å². The van der Waals surface area contributed by atoms with Crippen LogP contribution in [0.25, 0.3) is 0 Å². The number of amides is 1. The monoisotopic (exact) mass is 317 g/mol. The fraction of sp³-hybridized carbons (Fsp3) is 0.500. The Bertz CT molecular complexity index is 452. The lowest BCUT2D eigenvalue weighted by atomic mass is 10.2. The van der Waals surface area contributed by atoms with E-state index in [4.69, 9.17) is 32.7 Å². The number of halogens is 2. The molecule has 2 rings (SSSR count). The molecule has 110 valence electrons. The van der Waals surface area contributed by atoms with Crippen molar-refractivity contribution in [2.75, 3.05) is 25.6 Å². The van der Waals surface area contributed by atoms with E-state index in [9.17, 15) is 4.79 Å². The molecule has 20 heavy (non-hydrogen) atoms. The summed E-state index contributed by atoms with van der Waals surface area (Å²) < 4.78 is 11.1. The van der Waals surface area contributed by atoms with E-state index in [0.717, 1.165) is 0 Å². The zero-order valence-electron chi connectivity index (χ0n) is 11.2. The van der Waals surface area contributed by atoms with Crippen molar-refractivity contribution in [1.82, 2.24) is 4.90 Å². The number of nitrogens with zero attached hydrogens (tertiary/aromatic N) is 1. The predicted molar refractivity (Wildman–Crippen MR) is 78.6 cm³/mol. The summed E-state index contributed by atoms with van der Waals surface area (Å²) in [5.41, 5.74) is 0. The van der Waals surface area contributed by atoms with E-state index < -0.39 is 0 Å². The highest BCUT2D eigenvalue weighted by Gasteiger charge is 2.27. The van der Waals surface area contributed by atoms with Crippen LogP contribution in [-0.4, -0.2) is 48.6 Å². The fourth-order valence-electron chi connectivity index (χ4n) is 2.10. The third-order valence-corrected chi connectivity index (χ3v) is 3.62. The van der Waals surface area contributed by atoms with Gasteiger partial charge in [0.05, 0.1) is 18.1 Å². The summed E-state index contributed by atoms with van der Waals surface area (Å²) in [5, 5.41) is 0.635. The second kappa shape index (κ2) is 7.16. The van der Waals surface area contributed by atoms with Gasteiger partial charge < -0.3 is 14.4 Å². The van der Waals surface area contributed by atoms with Crippen molar-refractivity contribution in [3.8, 4) is 5.75 Å². The van der Waals surface area contributed by atoms with E-state index in [0.29, 0.717) is 29.7 Å². The molecule has 0 bridgehead atoms. The molecule has 1 aromatic rings. The first-order valence-corrected chi connectivity index (χ1v) is 7.37. The van der Waals surface area contributed by atoms with Gasteiger partial charge in [0.15, 0.2) is 6.61 Å². The molecule has 2 atom stereocenters. The van der Waals surface area contributed by atoms with Gasteiger partial charge >= 0.3 is 0 Å². The highest BCUT2D eigenvalue weighted by atomic mass is 35.5. The molecule has 0 saturated carbocycles. The maximum absolute atomic E-state index is 12.1. The van der Waals surface area contributed by atoms with Crippen LogP contribution in [0.5, 0.6) is 5.75 Å². The van der Waals surface area contributed by atoms with Gasteiger partial charge in [0.1, 0.15) is 5.75 Å². The molecule has 4 nitrogen and oxygen atoms in total. The number of morpholine rings is 1. The maximum Gasteiger partial charge on any atom is 0.260 e. The number of ether oxygens (including phenoxy) is 2. The Balaban J connectivity index is 1.86. The molecular weight excluding hydrogens is 301 g/mol. The molecule has 0 aromatic heterocycles. The van der Waals surface area contributed by atoms with Crippen molar-refractivity contribution >= 4 is 29.1 Å². The van der Waals surface area contributed by atoms with E-state index in [2.05, 4.69) is 0 Å². The summed E-state index contributed by atoms with van der Waals surface area (Å²) in [6.45, 7) is 3.01. The van der Waals surface area contributed by atoms with Crippen LogP contribution in [-0.2, 0) is 9.53 Å². The highest BCUT2D eigenvalue weighted by molar-refractivity contribution is 6.30. The molecule has 0 N–H and O–H groups in total. The van der Waals surface area contributed by atoms with Crippen molar-refractivity contribution < 1.29 is 14.3 Å². The zero-order valence-corrected chi connectivity index (χ0v) is 12.7. The molecule has 2 unspecified atom stereocenters. The van der Waals surface area contributed by atoms with Gasteiger partial charge in [-0.05, 0) is 31.2 Å². The number of rotatable bonds is 4. The summed E-state index contributed by atoms with van der Waals surface area (Å²) in [6, 6.07) is 6.92. The number of hydrogen-bond acceptors (Lipinski definition) is 3. The maximum atomic E-state index is 12.1. The highest BCUT2D eigenvalue weighted by Crippen LogP contribution is 2.16. The second-order valence-electron chi connectivity index (χ2n) is 4.76. The van der Waals surface area contributed by atoms with Gasteiger partial charge in [-0.15, -0.1) is 11.6 Å². The van der Waals surface area contributed by atoms with Crippen molar-refractivity contribution in [1.29, 1.82) is 0 Å². The Kier molecular flexibility index (Phi) is 5.52. The van der Waals surface area contributed by atoms with Crippen LogP contribution in [0.1, 0.15) is 6.92 Å². The van der Waals surface area contributed by atoms with Crippen molar-refractivity contribution in [3.63, 3.8) is 0 Å². The molecule has 1 heterocycles. The van der Waals surface area contributed by atoms with Crippen LogP contribution in [0.3, 0.4) is 0 Å². The molecule has 1 aromatic carbocycles. The average Bonchev–Trinajstić information content (AvgIpc) is 2.45. The summed E-state index contributed by atoms with van der Waals surface area (Å²) in [5.74, 6) is 0.940. The third kappa shape index (κ3) is 4.27. The molecule has 1 fully saturated rings. The van der Waals surface area contributed by atoms with Gasteiger partial charge in [-0.1, -0.05) is 11.6 Å². The Morgan fingerprint density at radius 2 is 2.10 bits per heavy atom. The molecule has 0 aliphatic carbocycles. The van der Waals surface area contributed by atoms with Crippen LogP contribution in [0.15, 0.2) is 24.3 Å². The van der Waals surface area contributed by atoms with E-state index in [1.807, 2.05) is 6.92 Å². The molecule has 1 aliphatic rings. The second-order valence-corrected chi connectivity index (χ2v) is 5.51. The van der Waals surface area contributed by atoms with Crippen LogP contribution >= 0.6 is 23.2 Å². The first-order chi connectivity index (χ1) is 9.58. The SMILES string of the molecule is CC1CN(C(=O)COc2ccc(Cl)cc2)CC(CCl)O1. The normalized spacial score (nSPS) is 22.6. The van der Waals surface area contributed by atoms with Gasteiger partial charge in [-0.3, -0.25) is 4.79 Å². The van der Waals surface area contributed by atoms with Crippen molar-refractivity contribution in [2.45, 2.75) is 19.1 Å². The van der Waals surface area contributed by atoms with E-state index in [1.165, 1.54) is 0 Å².